The maximum Gasteiger partial charge on any atom is 0.342 e. The second-order valence-electron chi connectivity index (χ2n) is 29.0. The van der Waals surface area contributed by atoms with E-state index in [4.69, 9.17) is 61.6 Å². The van der Waals surface area contributed by atoms with Crippen molar-refractivity contribution in [3.8, 4) is 212 Å². The van der Waals surface area contributed by atoms with Gasteiger partial charge < -0.3 is 210 Å². The average molecular weight is 1870 g/mol. The number of phenols is 29. The van der Waals surface area contributed by atoms with Gasteiger partial charge in [0.2, 0.25) is 70.8 Å². The number of hydrogen-bond donors (Lipinski definition) is 29. The largest absolute Gasteiger partial charge is 0.504 e. The van der Waals surface area contributed by atoms with Crippen LogP contribution in [0.1, 0.15) is 104 Å². The SMILES string of the molecule is O=C(OCC1OC(OC(=O)c2cc(O)c(O)c(O)c2)C2OC(=O)c3cc(O)c(O)c(O)c3-c3c(cc(O)c(O)c3O)C(=O)OC2C1OC(=O)c1cc(Oc2cc3c(c(O)c2O)-c2c(cc(O)c(O)c2O)C(=O)OCC2OC(OC(=O)c4cc(O)c(O)c(O)c4)C4OC(=O)c5cc(O)c(O)c(O)c5-c5c(cc(O)c(O)c5O)C(=O)OC4C2OC3=O)c(O)c(O)c1O)c1cc(O)c(O)c(O)c1. The molecule has 10 atom stereocenters. The van der Waals surface area contributed by atoms with Gasteiger partial charge >= 0.3 is 59.7 Å². The maximum atomic E-state index is 15.8. The van der Waals surface area contributed by atoms with Gasteiger partial charge in [0.15, 0.2) is 157 Å². The van der Waals surface area contributed by atoms with E-state index in [0.717, 1.165) is 0 Å². The first-order valence-corrected chi connectivity index (χ1v) is 37.1. The number of benzene rings is 10. The molecule has 0 amide bonds. The van der Waals surface area contributed by atoms with Crippen molar-refractivity contribution in [1.29, 1.82) is 0 Å². The average Bonchev–Trinajstić information content (AvgIpc) is 1.55. The number of hydrogen-bond acceptors (Lipinski definition) is 52. The van der Waals surface area contributed by atoms with Gasteiger partial charge in [-0.1, -0.05) is 0 Å². The van der Waals surface area contributed by atoms with Crippen molar-refractivity contribution in [2.45, 2.75) is 61.4 Å². The van der Waals surface area contributed by atoms with Crippen molar-refractivity contribution in [2.75, 3.05) is 13.2 Å². The molecule has 10 unspecified atom stereocenters. The molecule has 29 N–H and O–H groups in total. The molecule has 134 heavy (non-hydrogen) atoms. The van der Waals surface area contributed by atoms with Crippen LogP contribution in [0.3, 0.4) is 0 Å². The van der Waals surface area contributed by atoms with E-state index >= 15 is 19.2 Å². The fraction of sp³-hybridized carbons (Fsp3) is 0.146. The lowest BCUT2D eigenvalue weighted by Gasteiger charge is -2.44. The molecule has 2 fully saturated rings. The molecule has 2 saturated heterocycles. The summed E-state index contributed by atoms with van der Waals surface area (Å²) in [7, 11) is 0. The fourth-order valence-corrected chi connectivity index (χ4v) is 14.5. The topological polar surface area (TPSA) is 877 Å². The van der Waals surface area contributed by atoms with E-state index in [1.165, 1.54) is 0 Å². The monoisotopic (exact) mass is 1870 g/mol. The van der Waals surface area contributed by atoms with Crippen molar-refractivity contribution in [1.82, 2.24) is 0 Å². The van der Waals surface area contributed by atoms with E-state index in [-0.39, 0.29) is 42.5 Å². The van der Waals surface area contributed by atoms with Crippen LogP contribution in [0.4, 0.5) is 0 Å². The minimum absolute atomic E-state index is 0.0832. The molecule has 0 aliphatic carbocycles. The van der Waals surface area contributed by atoms with Crippen LogP contribution in [0.2, 0.25) is 0 Å². The van der Waals surface area contributed by atoms with Crippen molar-refractivity contribution in [3.05, 3.63) is 134 Å². The summed E-state index contributed by atoms with van der Waals surface area (Å²) in [5.41, 5.74) is -20.6. The van der Waals surface area contributed by atoms with Gasteiger partial charge in [0.05, 0.1) is 50.1 Å². The highest BCUT2D eigenvalue weighted by molar-refractivity contribution is 6.12. The second kappa shape index (κ2) is 32.9. The van der Waals surface area contributed by atoms with E-state index < -0.39 is 402 Å². The molecule has 10 aromatic rings. The number of phenolic OH excluding ortho intramolecular Hbond substituents is 29. The first-order valence-electron chi connectivity index (χ1n) is 37.1. The molecule has 696 valence electrons. The highest BCUT2D eigenvalue weighted by atomic mass is 16.8. The summed E-state index contributed by atoms with van der Waals surface area (Å²) >= 11 is 0. The molecule has 5 aliphatic heterocycles. The lowest BCUT2D eigenvalue weighted by Crippen LogP contribution is -2.63. The number of rotatable bonds is 11. The van der Waals surface area contributed by atoms with Crippen molar-refractivity contribution < 1.29 is 258 Å². The van der Waals surface area contributed by atoms with Crippen LogP contribution in [0.25, 0.3) is 33.4 Å². The van der Waals surface area contributed by atoms with Crippen LogP contribution in [0.15, 0.2) is 78.9 Å². The molecule has 10 aromatic carbocycles. The first kappa shape index (κ1) is 89.6. The third-order valence-electron chi connectivity index (χ3n) is 21.0. The maximum absolute atomic E-state index is 15.8. The van der Waals surface area contributed by atoms with Gasteiger partial charge in [0.25, 0.3) is 0 Å². The summed E-state index contributed by atoms with van der Waals surface area (Å²) in [5, 5.41) is 319. The van der Waals surface area contributed by atoms with Gasteiger partial charge in [-0.3, -0.25) is 0 Å². The van der Waals surface area contributed by atoms with E-state index in [2.05, 4.69) is 0 Å². The zero-order valence-electron chi connectivity index (χ0n) is 65.6. The highest BCUT2D eigenvalue weighted by Gasteiger charge is 2.59. The van der Waals surface area contributed by atoms with Crippen LogP contribution in [-0.4, -0.2) is 282 Å². The lowest BCUT2D eigenvalue weighted by atomic mass is 9.91. The Bertz CT molecular complexity index is 6800. The van der Waals surface area contributed by atoms with Crippen LogP contribution < -0.4 is 4.74 Å². The van der Waals surface area contributed by atoms with Crippen molar-refractivity contribution in [3.63, 3.8) is 0 Å². The first-order chi connectivity index (χ1) is 63.1. The molecule has 15 rings (SSSR count). The quantitative estimate of drug-likeness (QED) is 0.0498. The predicted molar refractivity (Wildman–Crippen MR) is 414 cm³/mol. The molecule has 0 spiro atoms. The molecule has 5 aliphatic rings. The second-order valence-corrected chi connectivity index (χ2v) is 29.0. The molecule has 0 bridgehead atoms. The number of carbonyl (C=O) groups excluding carboxylic acids is 10. The molecule has 52 nitrogen and oxygen atoms in total. The van der Waals surface area contributed by atoms with E-state index in [1.807, 2.05) is 0 Å². The Morgan fingerprint density at radius 2 is 0.560 bits per heavy atom. The van der Waals surface area contributed by atoms with Crippen LogP contribution in [0.5, 0.6) is 178 Å². The minimum atomic E-state index is -2.98. The Labute approximate surface area is 735 Å². The van der Waals surface area contributed by atoms with Crippen molar-refractivity contribution in [2.24, 2.45) is 0 Å². The van der Waals surface area contributed by atoms with E-state index in [9.17, 15) is 177 Å². The number of cyclic esters (lactones) is 1. The van der Waals surface area contributed by atoms with Gasteiger partial charge in [-0.15, -0.1) is 0 Å². The molecule has 0 saturated carbocycles. The normalized spacial score (nSPS) is 19.5. The number of carbonyl (C=O) groups is 10. The Morgan fingerprint density at radius 3 is 0.940 bits per heavy atom. The Kier molecular flexibility index (Phi) is 22.0. The van der Waals surface area contributed by atoms with Gasteiger partial charge in [0.1, 0.15) is 31.0 Å². The van der Waals surface area contributed by atoms with E-state index in [1.54, 1.807) is 0 Å². The number of aromatic hydroxyl groups is 29. The Hall–Kier alpha value is -19.2. The molecule has 52 heteroatoms. The standard InChI is InChI=1S/C82H56O52/c83-26-1-16(2-27(84)48(26)95)71(112)122-14-39-66(68-70(81(125-39)133-72(113)17-3-28(85)49(96)29(86)4-17)132-78(119)23-11-36(93)55(102)62(109)45(23)43-21(76(117)130-68)9-34(91)53(100)60(43)107)128-80(121)25-13-38(57(104)64(111)47(25)94)124-37-12-24-46(63(110)56(37)103)41-19(7-32(89)51(98)58(41)105)74(115)123-15-40-65(127-79(24)120)67-69(82(126-40)134-73(114)18-5-30(87)50(97)31(88)6-18)131-77(118)22-10-35(92)54(101)61(108)44(22)42-20(75(116)129-67)8-33(90)52(99)59(42)106/h1-13,39-40,65-70,81-111H,14-15H2. The summed E-state index contributed by atoms with van der Waals surface area (Å²) in [6, 6.07) is 4.19. The zero-order valence-corrected chi connectivity index (χ0v) is 65.6. The Morgan fingerprint density at radius 1 is 0.269 bits per heavy atom. The van der Waals surface area contributed by atoms with Gasteiger partial charge in [-0.05, 0) is 66.7 Å². The van der Waals surface area contributed by atoms with Crippen molar-refractivity contribution >= 4 is 59.7 Å². The van der Waals surface area contributed by atoms with E-state index in [0.29, 0.717) is 36.4 Å². The molecular weight excluding hydrogens is 1820 g/mol. The zero-order chi connectivity index (χ0) is 97.5. The Balaban J connectivity index is 0.871. The molecule has 0 radical (unpaired) electrons. The van der Waals surface area contributed by atoms with Crippen LogP contribution in [0, 0.1) is 0 Å². The van der Waals surface area contributed by atoms with Gasteiger partial charge in [-0.25, -0.2) is 47.9 Å². The smallest absolute Gasteiger partial charge is 0.342 e. The summed E-state index contributed by atoms with van der Waals surface area (Å²) < 4.78 is 74.3. The fourth-order valence-electron chi connectivity index (χ4n) is 14.5. The number of esters is 10. The lowest BCUT2D eigenvalue weighted by molar-refractivity contribution is -0.283. The molecule has 0 aromatic heterocycles. The van der Waals surface area contributed by atoms with Gasteiger partial charge in [0, 0.05) is 45.5 Å². The third-order valence-corrected chi connectivity index (χ3v) is 21.0. The summed E-state index contributed by atoms with van der Waals surface area (Å²) in [5.74, 6) is -67.1. The molecular formula is C82H56O52. The van der Waals surface area contributed by atoms with Gasteiger partial charge in [-0.2, -0.15) is 0 Å². The van der Waals surface area contributed by atoms with Crippen LogP contribution >= 0.6 is 0 Å². The third kappa shape index (κ3) is 15.0. The number of ether oxygens (including phenoxy) is 13. The highest BCUT2D eigenvalue weighted by Crippen LogP contribution is 2.60. The number of fused-ring (bicyclic) bond motifs is 13. The van der Waals surface area contributed by atoms with Crippen LogP contribution in [-0.2, 0) is 56.8 Å². The molecule has 5 heterocycles. The predicted octanol–water partition coefficient (Wildman–Crippen LogP) is 3.71. The summed E-state index contributed by atoms with van der Waals surface area (Å²) in [6.45, 7) is -3.17. The minimum Gasteiger partial charge on any atom is -0.504 e. The summed E-state index contributed by atoms with van der Waals surface area (Å²) in [4.78, 5) is 149. The summed E-state index contributed by atoms with van der Waals surface area (Å²) in [6.07, 6.45) is -28.4.